The van der Waals surface area contributed by atoms with E-state index in [1.807, 2.05) is 0 Å². The number of carbonyl (C=O) groups is 4. The van der Waals surface area contributed by atoms with E-state index >= 15 is 0 Å². The van der Waals surface area contributed by atoms with Crippen LogP contribution in [0.1, 0.15) is 124 Å². The third-order valence-corrected chi connectivity index (χ3v) is 5.36. The summed E-state index contributed by atoms with van der Waals surface area (Å²) < 4.78 is 5.22. The molecule has 0 aliphatic carbocycles. The van der Waals surface area contributed by atoms with E-state index in [1.165, 1.54) is 57.8 Å². The van der Waals surface area contributed by atoms with Crippen LogP contribution in [0.2, 0.25) is 0 Å². The van der Waals surface area contributed by atoms with Crippen LogP contribution in [0.15, 0.2) is 0 Å². The third kappa shape index (κ3) is 20.5. The van der Waals surface area contributed by atoms with Crippen LogP contribution in [-0.4, -0.2) is 47.0 Å². The Morgan fingerprint density at radius 1 is 0.794 bits per heavy atom. The summed E-state index contributed by atoms with van der Waals surface area (Å²) in [5.41, 5.74) is -0.724. The van der Waals surface area contributed by atoms with Crippen LogP contribution in [0, 0.1) is 0 Å². The van der Waals surface area contributed by atoms with Crippen LogP contribution in [0.4, 0.5) is 0 Å². The Labute approximate surface area is 206 Å². The van der Waals surface area contributed by atoms with E-state index in [0.29, 0.717) is 6.42 Å². The minimum Gasteiger partial charge on any atom is -0.480 e. The zero-order valence-electron chi connectivity index (χ0n) is 21.9. The second-order valence-electron chi connectivity index (χ2n) is 10.0. The molecule has 0 aliphatic heterocycles. The smallest absolute Gasteiger partial charge is 0.322 e. The molecular formula is C26H48N2O6. The fourth-order valence-corrected chi connectivity index (χ4v) is 3.61. The van der Waals surface area contributed by atoms with Gasteiger partial charge in [0, 0.05) is 6.42 Å². The fraction of sp³-hybridized carbons (Fsp3) is 0.846. The first-order valence-electron chi connectivity index (χ1n) is 13.1. The summed E-state index contributed by atoms with van der Waals surface area (Å²) in [7, 11) is 0. The molecule has 0 unspecified atom stereocenters. The number of carboxylic acids is 1. The van der Waals surface area contributed by atoms with Crippen molar-refractivity contribution in [3.63, 3.8) is 0 Å². The topological polar surface area (TPSA) is 122 Å². The molecule has 8 nitrogen and oxygen atoms in total. The van der Waals surface area contributed by atoms with Gasteiger partial charge in [-0.15, -0.1) is 0 Å². The van der Waals surface area contributed by atoms with Crippen molar-refractivity contribution in [3.8, 4) is 0 Å². The lowest BCUT2D eigenvalue weighted by atomic mass is 10.0. The van der Waals surface area contributed by atoms with E-state index < -0.39 is 36.0 Å². The molecule has 0 aliphatic rings. The van der Waals surface area contributed by atoms with E-state index in [9.17, 15) is 19.2 Å². The van der Waals surface area contributed by atoms with Gasteiger partial charge in [-0.25, -0.2) is 0 Å². The number of carboxylic acid groups (broad SMARTS) is 1. The summed E-state index contributed by atoms with van der Waals surface area (Å²) in [6.07, 6.45) is 15.6. The second kappa shape index (κ2) is 19.2. The lowest BCUT2D eigenvalue weighted by Crippen LogP contribution is -2.49. The predicted octanol–water partition coefficient (Wildman–Crippen LogP) is 4.89. The molecule has 2 amide bonds. The highest BCUT2D eigenvalue weighted by Gasteiger charge is 2.27. The largest absolute Gasteiger partial charge is 0.480 e. The Morgan fingerprint density at radius 2 is 1.26 bits per heavy atom. The first kappa shape index (κ1) is 31.9. The monoisotopic (exact) mass is 484 g/mol. The highest BCUT2D eigenvalue weighted by Crippen LogP contribution is 2.13. The normalized spacial score (nSPS) is 12.1. The summed E-state index contributed by atoms with van der Waals surface area (Å²) in [4.78, 5) is 47.4. The van der Waals surface area contributed by atoms with Gasteiger partial charge in [0.05, 0.1) is 6.42 Å². The molecule has 0 saturated carbocycles. The Morgan fingerprint density at radius 3 is 1.71 bits per heavy atom. The van der Waals surface area contributed by atoms with Crippen molar-refractivity contribution >= 4 is 23.8 Å². The van der Waals surface area contributed by atoms with Crippen molar-refractivity contribution < 1.29 is 29.0 Å². The Balaban J connectivity index is 4.14. The standard InChI is InChI=1S/C26H48N2O6/c1-5-6-7-8-9-10-11-12-13-14-15-16-17-18-22(29)28-21(25(33)27-20-23(30)31)19-24(32)34-26(2,3)4/h21H,5-20H2,1-4H3,(H,27,33)(H,28,29)(H,30,31)/t21-/m1/s1. The first-order chi connectivity index (χ1) is 16.0. The molecule has 1 atom stereocenters. The highest BCUT2D eigenvalue weighted by atomic mass is 16.6. The number of hydrogen-bond donors (Lipinski definition) is 3. The van der Waals surface area contributed by atoms with E-state index in [-0.39, 0.29) is 18.7 Å². The lowest BCUT2D eigenvalue weighted by molar-refractivity contribution is -0.156. The number of carbonyl (C=O) groups excluding carboxylic acids is 3. The number of unbranched alkanes of at least 4 members (excludes halogenated alkanes) is 12. The maximum Gasteiger partial charge on any atom is 0.322 e. The summed E-state index contributed by atoms with van der Waals surface area (Å²) >= 11 is 0. The number of esters is 1. The summed E-state index contributed by atoms with van der Waals surface area (Å²) in [6, 6.07) is -1.16. The molecule has 0 heterocycles. The van der Waals surface area contributed by atoms with Gasteiger partial charge in [0.15, 0.2) is 0 Å². The Kier molecular flexibility index (Phi) is 18.0. The minimum atomic E-state index is -1.21. The van der Waals surface area contributed by atoms with Crippen molar-refractivity contribution in [2.45, 2.75) is 136 Å². The van der Waals surface area contributed by atoms with Gasteiger partial charge in [0.1, 0.15) is 18.2 Å². The maximum absolute atomic E-state index is 12.3. The number of nitrogens with one attached hydrogen (secondary N) is 2. The van der Waals surface area contributed by atoms with E-state index in [1.54, 1.807) is 20.8 Å². The minimum absolute atomic E-state index is 0.259. The molecule has 0 aromatic carbocycles. The van der Waals surface area contributed by atoms with Gasteiger partial charge in [-0.2, -0.15) is 0 Å². The number of amides is 2. The van der Waals surface area contributed by atoms with Crippen LogP contribution < -0.4 is 10.6 Å². The van der Waals surface area contributed by atoms with Crippen molar-refractivity contribution in [1.82, 2.24) is 10.6 Å². The molecule has 0 aromatic rings. The van der Waals surface area contributed by atoms with Crippen molar-refractivity contribution in [1.29, 1.82) is 0 Å². The van der Waals surface area contributed by atoms with Gasteiger partial charge < -0.3 is 20.5 Å². The summed E-state index contributed by atoms with van der Waals surface area (Å²) in [6.45, 7) is 6.77. The first-order valence-corrected chi connectivity index (χ1v) is 13.1. The molecule has 0 rings (SSSR count). The predicted molar refractivity (Wildman–Crippen MR) is 133 cm³/mol. The van der Waals surface area contributed by atoms with Gasteiger partial charge in [-0.3, -0.25) is 19.2 Å². The van der Waals surface area contributed by atoms with Gasteiger partial charge in [-0.05, 0) is 27.2 Å². The fourth-order valence-electron chi connectivity index (χ4n) is 3.61. The number of rotatable bonds is 20. The molecule has 3 N–H and O–H groups in total. The van der Waals surface area contributed by atoms with E-state index in [2.05, 4.69) is 17.6 Å². The molecule has 198 valence electrons. The van der Waals surface area contributed by atoms with Gasteiger partial charge >= 0.3 is 11.9 Å². The molecule has 0 bridgehead atoms. The van der Waals surface area contributed by atoms with Crippen molar-refractivity contribution in [2.24, 2.45) is 0 Å². The molecule has 34 heavy (non-hydrogen) atoms. The van der Waals surface area contributed by atoms with Crippen molar-refractivity contribution in [3.05, 3.63) is 0 Å². The van der Waals surface area contributed by atoms with E-state index in [4.69, 9.17) is 9.84 Å². The average molecular weight is 485 g/mol. The zero-order valence-corrected chi connectivity index (χ0v) is 21.9. The maximum atomic E-state index is 12.3. The Bertz CT molecular complexity index is 601. The third-order valence-electron chi connectivity index (χ3n) is 5.36. The molecule has 8 heteroatoms. The van der Waals surface area contributed by atoms with E-state index in [0.717, 1.165) is 19.3 Å². The molecule has 0 aromatic heterocycles. The van der Waals surface area contributed by atoms with Crippen LogP contribution in [0.5, 0.6) is 0 Å². The molecule has 0 fully saturated rings. The van der Waals surface area contributed by atoms with Crippen LogP contribution in [0.25, 0.3) is 0 Å². The van der Waals surface area contributed by atoms with Gasteiger partial charge in [-0.1, -0.05) is 84.0 Å². The average Bonchev–Trinajstić information content (AvgIpc) is 2.73. The second-order valence-corrected chi connectivity index (χ2v) is 10.0. The van der Waals surface area contributed by atoms with Gasteiger partial charge in [0.2, 0.25) is 11.8 Å². The molecule has 0 radical (unpaired) electrons. The van der Waals surface area contributed by atoms with Crippen molar-refractivity contribution in [2.75, 3.05) is 6.54 Å². The summed E-state index contributed by atoms with van der Waals surface area (Å²) in [5.74, 6) is -2.89. The van der Waals surface area contributed by atoms with Crippen LogP contribution >= 0.6 is 0 Å². The SMILES string of the molecule is CCCCCCCCCCCCCCCC(=O)N[C@H](CC(=O)OC(C)(C)C)C(=O)NCC(=O)O. The number of ether oxygens (including phenoxy) is 1. The lowest BCUT2D eigenvalue weighted by Gasteiger charge is -2.22. The number of aliphatic carboxylic acids is 1. The quantitative estimate of drug-likeness (QED) is 0.167. The highest BCUT2D eigenvalue weighted by molar-refractivity contribution is 5.92. The Hall–Kier alpha value is -2.12. The molecule has 0 spiro atoms. The van der Waals surface area contributed by atoms with Gasteiger partial charge in [0.25, 0.3) is 0 Å². The van der Waals surface area contributed by atoms with Crippen LogP contribution in [0.3, 0.4) is 0 Å². The van der Waals surface area contributed by atoms with Crippen LogP contribution in [-0.2, 0) is 23.9 Å². The molecule has 0 saturated heterocycles. The molecular weight excluding hydrogens is 436 g/mol. The zero-order chi connectivity index (χ0) is 25.8. The number of hydrogen-bond acceptors (Lipinski definition) is 5. The summed E-state index contributed by atoms with van der Waals surface area (Å²) in [5, 5.41) is 13.5.